The fourth-order valence-corrected chi connectivity index (χ4v) is 3.09. The Morgan fingerprint density at radius 1 is 1.29 bits per heavy atom. The summed E-state index contributed by atoms with van der Waals surface area (Å²) < 4.78 is 4.99. The number of nitrogens with one attached hydrogen (secondary N) is 1. The maximum absolute atomic E-state index is 12.7. The summed E-state index contributed by atoms with van der Waals surface area (Å²) in [6, 6.07) is 4.91. The van der Waals surface area contributed by atoms with Crippen LogP contribution in [0, 0.1) is 24.0 Å². The molecule has 0 fully saturated rings. The summed E-state index contributed by atoms with van der Waals surface area (Å²) in [6.45, 7) is 9.12. The third-order valence-electron chi connectivity index (χ3n) is 4.46. The van der Waals surface area contributed by atoms with Gasteiger partial charge in [-0.25, -0.2) is 4.79 Å². The summed E-state index contributed by atoms with van der Waals surface area (Å²) >= 11 is 0. The molecule has 2 aromatic rings. The molecule has 0 radical (unpaired) electrons. The van der Waals surface area contributed by atoms with Crippen molar-refractivity contribution in [2.75, 3.05) is 6.61 Å². The Bertz CT molecular complexity index is 954. The van der Waals surface area contributed by atoms with Crippen LogP contribution in [0.4, 0.5) is 5.69 Å². The number of hydrogen-bond donors (Lipinski definition) is 1. The van der Waals surface area contributed by atoms with Gasteiger partial charge in [-0.1, -0.05) is 32.1 Å². The number of H-pyrrole nitrogens is 1. The third-order valence-corrected chi connectivity index (χ3v) is 4.46. The van der Waals surface area contributed by atoms with Crippen LogP contribution in [0.5, 0.6) is 0 Å². The number of nitro groups is 1. The van der Waals surface area contributed by atoms with Gasteiger partial charge in [0.05, 0.1) is 11.5 Å². The molecule has 28 heavy (non-hydrogen) atoms. The molecule has 0 saturated heterocycles. The Labute approximate surface area is 163 Å². The van der Waals surface area contributed by atoms with Gasteiger partial charge in [0.2, 0.25) is 0 Å². The zero-order chi connectivity index (χ0) is 21.0. The molecule has 7 nitrogen and oxygen atoms in total. The van der Waals surface area contributed by atoms with Crippen LogP contribution in [0.25, 0.3) is 6.08 Å². The number of ketones is 1. The van der Waals surface area contributed by atoms with E-state index in [0.29, 0.717) is 27.9 Å². The molecule has 7 heteroatoms. The fourth-order valence-electron chi connectivity index (χ4n) is 3.09. The molecule has 0 aliphatic carbocycles. The van der Waals surface area contributed by atoms with E-state index in [2.05, 4.69) is 4.98 Å². The Balaban J connectivity index is 2.33. The quantitative estimate of drug-likeness (QED) is 0.244. The zero-order valence-electron chi connectivity index (χ0n) is 16.7. The van der Waals surface area contributed by atoms with Gasteiger partial charge in [-0.2, -0.15) is 0 Å². The first-order chi connectivity index (χ1) is 13.2. The molecule has 0 bridgehead atoms. The van der Waals surface area contributed by atoms with Gasteiger partial charge in [0.1, 0.15) is 5.69 Å². The zero-order valence-corrected chi connectivity index (χ0v) is 16.7. The molecular weight excluding hydrogens is 360 g/mol. The van der Waals surface area contributed by atoms with Gasteiger partial charge >= 0.3 is 5.97 Å². The van der Waals surface area contributed by atoms with Gasteiger partial charge in [0.15, 0.2) is 5.78 Å². The molecule has 0 unspecified atom stereocenters. The Morgan fingerprint density at radius 3 is 2.54 bits per heavy atom. The summed E-state index contributed by atoms with van der Waals surface area (Å²) in [6.07, 6.45) is 2.89. The van der Waals surface area contributed by atoms with Crippen LogP contribution in [0.1, 0.15) is 69.9 Å². The first-order valence-corrected chi connectivity index (χ1v) is 9.04. The number of aryl methyl sites for hydroxylation is 1. The third kappa shape index (κ3) is 4.36. The second-order valence-electron chi connectivity index (χ2n) is 6.77. The second kappa shape index (κ2) is 8.65. The van der Waals surface area contributed by atoms with Crippen LogP contribution in [0.3, 0.4) is 0 Å². The Hall–Kier alpha value is -3.22. The van der Waals surface area contributed by atoms with Crippen LogP contribution in [-0.4, -0.2) is 28.3 Å². The minimum atomic E-state index is -0.508. The number of nitro benzene ring substituents is 1. The molecule has 0 aliphatic heterocycles. The van der Waals surface area contributed by atoms with Crippen LogP contribution in [0.2, 0.25) is 0 Å². The molecule has 1 N–H and O–H groups in total. The Kier molecular flexibility index (Phi) is 6.51. The van der Waals surface area contributed by atoms with Crippen LogP contribution < -0.4 is 0 Å². The van der Waals surface area contributed by atoms with E-state index in [1.54, 1.807) is 32.9 Å². The number of hydrogen-bond acceptors (Lipinski definition) is 5. The van der Waals surface area contributed by atoms with Crippen LogP contribution >= 0.6 is 0 Å². The topological polar surface area (TPSA) is 102 Å². The highest BCUT2D eigenvalue weighted by atomic mass is 16.6. The minimum Gasteiger partial charge on any atom is -0.461 e. The first kappa shape index (κ1) is 21.1. The van der Waals surface area contributed by atoms with E-state index < -0.39 is 10.9 Å². The van der Waals surface area contributed by atoms with Gasteiger partial charge in [0.25, 0.3) is 5.69 Å². The summed E-state index contributed by atoms with van der Waals surface area (Å²) in [5.41, 5.74) is 2.97. The molecule has 1 aromatic carbocycles. The van der Waals surface area contributed by atoms with Gasteiger partial charge in [-0.3, -0.25) is 14.9 Å². The van der Waals surface area contributed by atoms with E-state index in [0.717, 1.165) is 0 Å². The van der Waals surface area contributed by atoms with Crippen molar-refractivity contribution >= 4 is 23.5 Å². The lowest BCUT2D eigenvalue weighted by molar-refractivity contribution is -0.385. The molecule has 0 spiro atoms. The largest absolute Gasteiger partial charge is 0.461 e. The lowest BCUT2D eigenvalue weighted by Gasteiger charge is -2.07. The van der Waals surface area contributed by atoms with Crippen molar-refractivity contribution in [3.8, 4) is 0 Å². The van der Waals surface area contributed by atoms with Crippen molar-refractivity contribution in [1.82, 2.24) is 4.98 Å². The average molecular weight is 384 g/mol. The van der Waals surface area contributed by atoms with Crippen molar-refractivity contribution in [1.29, 1.82) is 0 Å². The van der Waals surface area contributed by atoms with E-state index in [1.807, 2.05) is 13.8 Å². The van der Waals surface area contributed by atoms with Crippen LogP contribution in [-0.2, 0) is 4.74 Å². The smallest absolute Gasteiger partial charge is 0.355 e. The predicted molar refractivity (Wildman–Crippen MR) is 107 cm³/mol. The number of esters is 1. The summed E-state index contributed by atoms with van der Waals surface area (Å²) in [4.78, 5) is 38.4. The molecule has 0 atom stereocenters. The monoisotopic (exact) mass is 384 g/mol. The number of aromatic amines is 1. The average Bonchev–Trinajstić information content (AvgIpc) is 2.94. The number of allylic oxidation sites excluding steroid dienone is 1. The van der Waals surface area contributed by atoms with Crippen molar-refractivity contribution in [3.63, 3.8) is 0 Å². The summed E-state index contributed by atoms with van der Waals surface area (Å²) in [5, 5.41) is 11.3. The number of ether oxygens (including phenoxy) is 1. The summed E-state index contributed by atoms with van der Waals surface area (Å²) in [7, 11) is 0. The fraction of sp³-hybridized carbons (Fsp3) is 0.333. The van der Waals surface area contributed by atoms with E-state index in [-0.39, 0.29) is 29.7 Å². The number of rotatable bonds is 7. The Morgan fingerprint density at radius 2 is 1.96 bits per heavy atom. The van der Waals surface area contributed by atoms with Crippen molar-refractivity contribution in [3.05, 3.63) is 68.0 Å². The number of aromatic nitrogens is 1. The molecule has 1 aromatic heterocycles. The summed E-state index contributed by atoms with van der Waals surface area (Å²) in [5.74, 6) is -0.782. The maximum atomic E-state index is 12.7. The molecular formula is C21H24N2O5. The number of carbonyl (C=O) groups excluding carboxylic acids is 2. The van der Waals surface area contributed by atoms with Gasteiger partial charge in [-0.15, -0.1) is 0 Å². The van der Waals surface area contributed by atoms with Gasteiger partial charge in [0, 0.05) is 22.9 Å². The normalized spacial score (nSPS) is 11.2. The van der Waals surface area contributed by atoms with Crippen LogP contribution in [0.15, 0.2) is 24.3 Å². The molecule has 0 saturated carbocycles. The SMILES string of the molecule is CCOC(=O)c1[nH]c(C)c(C(=O)/C=C/c2ccc(C(C)C)c([N+](=O)[O-])c2)c1C. The molecule has 148 valence electrons. The standard InChI is InChI=1S/C21H24N2O5/c1-6-28-21(25)20-13(4)19(14(5)22-20)18(24)10-8-15-7-9-16(12(2)3)17(11-15)23(26)27/h7-12,22H,6H2,1-5H3/b10-8+. The number of benzene rings is 1. The highest BCUT2D eigenvalue weighted by Gasteiger charge is 2.21. The van der Waals surface area contributed by atoms with E-state index >= 15 is 0 Å². The lowest BCUT2D eigenvalue weighted by atomic mass is 9.98. The van der Waals surface area contributed by atoms with Crippen molar-refractivity contribution in [2.45, 2.75) is 40.5 Å². The highest BCUT2D eigenvalue weighted by Crippen LogP contribution is 2.28. The number of nitrogens with zero attached hydrogens (tertiary/aromatic N) is 1. The maximum Gasteiger partial charge on any atom is 0.355 e. The van der Waals surface area contributed by atoms with Gasteiger partial charge < -0.3 is 9.72 Å². The van der Waals surface area contributed by atoms with E-state index in [9.17, 15) is 19.7 Å². The lowest BCUT2D eigenvalue weighted by Crippen LogP contribution is -2.07. The van der Waals surface area contributed by atoms with E-state index in [4.69, 9.17) is 4.74 Å². The van der Waals surface area contributed by atoms with Crippen molar-refractivity contribution in [2.24, 2.45) is 0 Å². The van der Waals surface area contributed by atoms with E-state index in [1.165, 1.54) is 18.2 Å². The molecule has 1 heterocycles. The molecule has 0 amide bonds. The molecule has 0 aliphatic rings. The number of carbonyl (C=O) groups is 2. The molecule has 2 rings (SSSR count). The van der Waals surface area contributed by atoms with Crippen molar-refractivity contribution < 1.29 is 19.2 Å². The first-order valence-electron chi connectivity index (χ1n) is 9.04. The highest BCUT2D eigenvalue weighted by molar-refractivity contribution is 6.10. The van der Waals surface area contributed by atoms with Gasteiger partial charge in [-0.05, 0) is 43.9 Å². The minimum absolute atomic E-state index is 0.0199. The predicted octanol–water partition coefficient (Wildman–Crippen LogP) is 4.74. The second-order valence-corrected chi connectivity index (χ2v) is 6.77.